The molecule has 0 unspecified atom stereocenters. The number of halogens is 2. The van der Waals surface area contributed by atoms with Gasteiger partial charge in [-0.15, -0.1) is 0 Å². The van der Waals surface area contributed by atoms with Crippen LogP contribution in [-0.2, 0) is 32.6 Å². The third kappa shape index (κ3) is 8.33. The van der Waals surface area contributed by atoms with Crippen LogP contribution in [0.3, 0.4) is 0 Å². The number of nitro benzene ring substituents is 1. The first-order valence-electron chi connectivity index (χ1n) is 15.4. The Morgan fingerprint density at radius 3 is 2.10 bits per heavy atom. The molecule has 0 aliphatic heterocycles. The van der Waals surface area contributed by atoms with E-state index in [2.05, 4.69) is 5.32 Å². The zero-order valence-electron chi connectivity index (χ0n) is 25.9. The summed E-state index contributed by atoms with van der Waals surface area (Å²) in [5, 5.41) is 15.3. The van der Waals surface area contributed by atoms with Gasteiger partial charge in [0.25, 0.3) is 15.7 Å². The van der Waals surface area contributed by atoms with Gasteiger partial charge in [-0.1, -0.05) is 96.7 Å². The molecule has 1 saturated carbocycles. The summed E-state index contributed by atoms with van der Waals surface area (Å²) in [5.41, 5.74) is 0.714. The molecule has 0 saturated heterocycles. The molecular formula is C35H34Cl2N4O6S. The van der Waals surface area contributed by atoms with E-state index < -0.39 is 39.3 Å². The van der Waals surface area contributed by atoms with Crippen LogP contribution in [0.1, 0.15) is 36.8 Å². The molecule has 4 aromatic carbocycles. The van der Waals surface area contributed by atoms with E-state index in [0.29, 0.717) is 5.56 Å². The Labute approximate surface area is 289 Å². The van der Waals surface area contributed by atoms with Gasteiger partial charge in [0, 0.05) is 46.7 Å². The molecule has 4 aromatic rings. The molecule has 1 N–H and O–H groups in total. The van der Waals surface area contributed by atoms with Crippen molar-refractivity contribution in [3.8, 4) is 0 Å². The van der Waals surface area contributed by atoms with Crippen molar-refractivity contribution in [3.05, 3.63) is 134 Å². The number of sulfonamides is 1. The van der Waals surface area contributed by atoms with Gasteiger partial charge in [-0.2, -0.15) is 0 Å². The van der Waals surface area contributed by atoms with Gasteiger partial charge in [0.1, 0.15) is 12.6 Å². The quantitative estimate of drug-likeness (QED) is 0.120. The summed E-state index contributed by atoms with van der Waals surface area (Å²) in [7, 11) is -4.43. The van der Waals surface area contributed by atoms with Gasteiger partial charge in [0.2, 0.25) is 11.8 Å². The Hall–Kier alpha value is -4.45. The van der Waals surface area contributed by atoms with E-state index in [0.717, 1.165) is 41.6 Å². The molecule has 1 aliphatic carbocycles. The average Bonchev–Trinajstić information content (AvgIpc) is 3.60. The lowest BCUT2D eigenvalue weighted by Crippen LogP contribution is -2.54. The minimum absolute atomic E-state index is 0.0588. The fraction of sp³-hybridized carbons (Fsp3) is 0.257. The Morgan fingerprint density at radius 1 is 0.875 bits per heavy atom. The summed E-state index contributed by atoms with van der Waals surface area (Å²) < 4.78 is 29.1. The smallest absolute Gasteiger partial charge is 0.271 e. The number of nitro groups is 1. The van der Waals surface area contributed by atoms with Gasteiger partial charge in [0.15, 0.2) is 0 Å². The van der Waals surface area contributed by atoms with Crippen LogP contribution < -0.4 is 9.62 Å². The number of anilines is 1. The van der Waals surface area contributed by atoms with Crippen molar-refractivity contribution in [2.45, 2.75) is 55.6 Å². The summed E-state index contributed by atoms with van der Waals surface area (Å²) >= 11 is 13.1. The molecule has 0 heterocycles. The van der Waals surface area contributed by atoms with Gasteiger partial charge in [0.05, 0.1) is 15.5 Å². The van der Waals surface area contributed by atoms with Gasteiger partial charge in [-0.25, -0.2) is 8.42 Å². The molecule has 10 nitrogen and oxygen atoms in total. The standard InChI is InChI=1S/C35H34Cl2N4O6S/c36-31-19-10-20-32(37)30(31)23-39(33(21-25-11-3-1-4-12-25)35(43)38-26-13-7-8-14-26)34(42)24-40(27-15-9-16-28(22-27)41(44)45)48(46,47)29-17-5-2-6-18-29/h1-6,9-12,15-20,22,26,33H,7-8,13-14,21,23-24H2,(H,38,43)/t33-/m1/s1. The molecule has 1 atom stereocenters. The summed E-state index contributed by atoms with van der Waals surface area (Å²) in [6.07, 6.45) is 3.69. The van der Waals surface area contributed by atoms with Crippen LogP contribution in [0.2, 0.25) is 10.0 Å². The van der Waals surface area contributed by atoms with E-state index >= 15 is 0 Å². The lowest BCUT2D eigenvalue weighted by molar-refractivity contribution is -0.384. The van der Waals surface area contributed by atoms with Crippen molar-refractivity contribution in [2.75, 3.05) is 10.8 Å². The summed E-state index contributed by atoms with van der Waals surface area (Å²) in [6.45, 7) is -0.983. The Bertz CT molecular complexity index is 1850. The summed E-state index contributed by atoms with van der Waals surface area (Å²) in [5.74, 6) is -1.13. The Kier molecular flexibility index (Phi) is 11.4. The number of hydrogen-bond donors (Lipinski definition) is 1. The molecule has 0 radical (unpaired) electrons. The maximum atomic E-state index is 14.6. The number of carbonyl (C=O) groups excluding carboxylic acids is 2. The third-order valence-electron chi connectivity index (χ3n) is 8.30. The molecule has 0 aromatic heterocycles. The summed E-state index contributed by atoms with van der Waals surface area (Å²) in [4.78, 5) is 41.0. The molecular weight excluding hydrogens is 675 g/mol. The average molecular weight is 710 g/mol. The van der Waals surface area contributed by atoms with Crippen molar-refractivity contribution >= 4 is 56.4 Å². The first kappa shape index (κ1) is 34.9. The fourth-order valence-corrected chi connectivity index (χ4v) is 7.73. The van der Waals surface area contributed by atoms with E-state index in [1.54, 1.807) is 24.3 Å². The fourth-order valence-electron chi connectivity index (χ4n) is 5.79. The molecule has 13 heteroatoms. The third-order valence-corrected chi connectivity index (χ3v) is 10.8. The predicted molar refractivity (Wildman–Crippen MR) is 185 cm³/mol. The maximum Gasteiger partial charge on any atom is 0.271 e. The lowest BCUT2D eigenvalue weighted by Gasteiger charge is -2.34. The molecule has 48 heavy (non-hydrogen) atoms. The second kappa shape index (κ2) is 15.6. The highest BCUT2D eigenvalue weighted by molar-refractivity contribution is 7.92. The molecule has 0 spiro atoms. The van der Waals surface area contributed by atoms with Gasteiger partial charge in [-0.05, 0) is 48.7 Å². The zero-order valence-corrected chi connectivity index (χ0v) is 28.2. The first-order valence-corrected chi connectivity index (χ1v) is 17.6. The SMILES string of the molecule is O=C(NC1CCCC1)[C@@H](Cc1ccccc1)N(Cc1c(Cl)cccc1Cl)C(=O)CN(c1cccc([N+](=O)[O-])c1)S(=O)(=O)c1ccccc1. The maximum absolute atomic E-state index is 14.6. The van der Waals surface area contributed by atoms with Crippen LogP contribution in [0.25, 0.3) is 0 Å². The minimum Gasteiger partial charge on any atom is -0.352 e. The highest BCUT2D eigenvalue weighted by Gasteiger charge is 2.36. The first-order chi connectivity index (χ1) is 23.0. The number of amides is 2. The van der Waals surface area contributed by atoms with Crippen LogP contribution in [0.5, 0.6) is 0 Å². The van der Waals surface area contributed by atoms with Crippen LogP contribution in [0.15, 0.2) is 108 Å². The van der Waals surface area contributed by atoms with Crippen molar-refractivity contribution in [1.29, 1.82) is 0 Å². The predicted octanol–water partition coefficient (Wildman–Crippen LogP) is 6.80. The highest BCUT2D eigenvalue weighted by Crippen LogP contribution is 2.30. The minimum atomic E-state index is -4.43. The van der Waals surface area contributed by atoms with Crippen LogP contribution in [-0.4, -0.2) is 48.7 Å². The van der Waals surface area contributed by atoms with E-state index in [-0.39, 0.29) is 45.3 Å². The topological polar surface area (TPSA) is 130 Å². The normalized spacial score (nSPS) is 13.9. The monoisotopic (exact) mass is 708 g/mol. The number of nitrogens with one attached hydrogen (secondary N) is 1. The number of benzene rings is 4. The van der Waals surface area contributed by atoms with Crippen molar-refractivity contribution in [1.82, 2.24) is 10.2 Å². The molecule has 2 amide bonds. The van der Waals surface area contributed by atoms with E-state index in [9.17, 15) is 28.1 Å². The Morgan fingerprint density at radius 2 is 1.48 bits per heavy atom. The van der Waals surface area contributed by atoms with Gasteiger partial charge >= 0.3 is 0 Å². The number of hydrogen-bond acceptors (Lipinski definition) is 6. The van der Waals surface area contributed by atoms with E-state index in [4.69, 9.17) is 23.2 Å². The second-order valence-electron chi connectivity index (χ2n) is 11.5. The van der Waals surface area contributed by atoms with Crippen LogP contribution in [0, 0.1) is 10.1 Å². The van der Waals surface area contributed by atoms with Crippen LogP contribution >= 0.6 is 23.2 Å². The number of carbonyl (C=O) groups is 2. The number of nitrogens with zero attached hydrogens (tertiary/aromatic N) is 3. The van der Waals surface area contributed by atoms with Gasteiger partial charge in [-0.3, -0.25) is 24.0 Å². The van der Waals surface area contributed by atoms with Gasteiger partial charge < -0.3 is 10.2 Å². The molecule has 1 fully saturated rings. The van der Waals surface area contributed by atoms with Crippen molar-refractivity contribution < 1.29 is 22.9 Å². The molecule has 5 rings (SSSR count). The highest BCUT2D eigenvalue weighted by atomic mass is 35.5. The Balaban J connectivity index is 1.61. The zero-order chi connectivity index (χ0) is 34.3. The lowest BCUT2D eigenvalue weighted by atomic mass is 10.0. The number of non-ortho nitro benzene ring substituents is 1. The summed E-state index contributed by atoms with van der Waals surface area (Å²) in [6, 6.07) is 25.5. The molecule has 0 bridgehead atoms. The second-order valence-corrected chi connectivity index (χ2v) is 14.2. The van der Waals surface area contributed by atoms with E-state index in [1.807, 2.05) is 30.3 Å². The van der Waals surface area contributed by atoms with Crippen LogP contribution in [0.4, 0.5) is 11.4 Å². The van der Waals surface area contributed by atoms with E-state index in [1.165, 1.54) is 47.4 Å². The van der Waals surface area contributed by atoms with Crippen molar-refractivity contribution in [2.24, 2.45) is 0 Å². The number of rotatable bonds is 13. The largest absolute Gasteiger partial charge is 0.352 e. The van der Waals surface area contributed by atoms with Crippen molar-refractivity contribution in [3.63, 3.8) is 0 Å². The molecule has 1 aliphatic rings. The molecule has 250 valence electrons.